The van der Waals surface area contributed by atoms with E-state index in [4.69, 9.17) is 0 Å². The molecule has 3 rings (SSSR count). The minimum absolute atomic E-state index is 0.0851. The molecule has 1 unspecified atom stereocenters. The quantitative estimate of drug-likeness (QED) is 0.815. The molecule has 0 spiro atoms. The smallest absolute Gasteiger partial charge is 0.244 e. The van der Waals surface area contributed by atoms with Crippen LogP contribution in [0.15, 0.2) is 30.6 Å². The van der Waals surface area contributed by atoms with E-state index in [1.54, 1.807) is 10.9 Å². The molecule has 5 nitrogen and oxygen atoms in total. The molecule has 2 aromatic rings. The van der Waals surface area contributed by atoms with E-state index >= 15 is 0 Å². The molecule has 0 aromatic carbocycles. The number of allylic oxidation sites excluding steroid dienone is 2. The van der Waals surface area contributed by atoms with Crippen molar-refractivity contribution < 1.29 is 4.79 Å². The molecule has 0 fully saturated rings. The molecule has 1 aliphatic rings. The van der Waals surface area contributed by atoms with Crippen LogP contribution >= 0.6 is 0 Å². The first-order valence-electron chi connectivity index (χ1n) is 7.80. The van der Waals surface area contributed by atoms with Gasteiger partial charge in [-0.05, 0) is 43.7 Å². The average Bonchev–Trinajstić information content (AvgIpc) is 2.90. The third-order valence-electron chi connectivity index (χ3n) is 4.23. The topological polar surface area (TPSA) is 51.0 Å². The van der Waals surface area contributed by atoms with E-state index in [2.05, 4.69) is 22.2 Å². The molecule has 1 amide bonds. The Morgan fingerprint density at radius 1 is 1.41 bits per heavy atom. The van der Waals surface area contributed by atoms with E-state index in [1.807, 2.05) is 31.1 Å². The molecule has 2 aromatic heterocycles. The summed E-state index contributed by atoms with van der Waals surface area (Å²) in [4.78, 5) is 18.6. The zero-order chi connectivity index (χ0) is 15.5. The highest BCUT2D eigenvalue weighted by atomic mass is 16.2. The summed E-state index contributed by atoms with van der Waals surface area (Å²) in [5.41, 5.74) is 1.87. The van der Waals surface area contributed by atoms with Gasteiger partial charge in [0.05, 0.1) is 6.20 Å². The van der Waals surface area contributed by atoms with Gasteiger partial charge in [-0.1, -0.05) is 12.2 Å². The van der Waals surface area contributed by atoms with Crippen LogP contribution in [0.5, 0.6) is 0 Å². The van der Waals surface area contributed by atoms with Crippen LogP contribution in [0.4, 0.5) is 0 Å². The lowest BCUT2D eigenvalue weighted by molar-refractivity contribution is -0.131. The molecule has 22 heavy (non-hydrogen) atoms. The number of aryl methyl sites for hydroxylation is 1. The van der Waals surface area contributed by atoms with Crippen LogP contribution in [0.2, 0.25) is 0 Å². The fraction of sp³-hybridized carbons (Fsp3) is 0.471. The number of pyridine rings is 1. The highest BCUT2D eigenvalue weighted by Crippen LogP contribution is 2.19. The Balaban J connectivity index is 1.66. The summed E-state index contributed by atoms with van der Waals surface area (Å²) in [5.74, 6) is 0.663. The van der Waals surface area contributed by atoms with E-state index in [-0.39, 0.29) is 12.5 Å². The number of rotatable bonds is 4. The summed E-state index contributed by atoms with van der Waals surface area (Å²) < 4.78 is 1.69. The first-order chi connectivity index (χ1) is 10.6. The molecule has 0 radical (unpaired) electrons. The van der Waals surface area contributed by atoms with Crippen molar-refractivity contribution in [1.82, 2.24) is 19.7 Å². The lowest BCUT2D eigenvalue weighted by Gasteiger charge is -2.25. The molecule has 116 valence electrons. The minimum Gasteiger partial charge on any atom is -0.344 e. The Morgan fingerprint density at radius 2 is 2.27 bits per heavy atom. The third kappa shape index (κ3) is 3.18. The van der Waals surface area contributed by atoms with Crippen LogP contribution in [0, 0.1) is 12.8 Å². The molecule has 2 heterocycles. The van der Waals surface area contributed by atoms with E-state index in [0.717, 1.165) is 36.0 Å². The first kappa shape index (κ1) is 14.8. The van der Waals surface area contributed by atoms with Crippen molar-refractivity contribution in [2.75, 3.05) is 13.6 Å². The summed E-state index contributed by atoms with van der Waals surface area (Å²) in [7, 11) is 1.88. The highest BCUT2D eigenvalue weighted by molar-refractivity contribution is 5.79. The Labute approximate surface area is 130 Å². The number of amides is 1. The number of nitrogens with zero attached hydrogens (tertiary/aromatic N) is 4. The fourth-order valence-electron chi connectivity index (χ4n) is 2.96. The first-order valence-corrected chi connectivity index (χ1v) is 7.80. The lowest BCUT2D eigenvalue weighted by atomic mass is 9.94. The number of fused-ring (bicyclic) bond motifs is 1. The van der Waals surface area contributed by atoms with Crippen LogP contribution in [-0.4, -0.2) is 39.2 Å². The minimum atomic E-state index is 0.0851. The van der Waals surface area contributed by atoms with Crippen LogP contribution in [0.1, 0.15) is 24.8 Å². The molecule has 0 saturated carbocycles. The zero-order valence-corrected chi connectivity index (χ0v) is 13.2. The highest BCUT2D eigenvalue weighted by Gasteiger charge is 2.17. The summed E-state index contributed by atoms with van der Waals surface area (Å²) >= 11 is 0. The van der Waals surface area contributed by atoms with Crippen LogP contribution in [0.25, 0.3) is 11.0 Å². The van der Waals surface area contributed by atoms with Gasteiger partial charge in [-0.3, -0.25) is 4.79 Å². The normalized spacial score (nSPS) is 17.8. The molecule has 1 aliphatic carbocycles. The molecule has 0 aliphatic heterocycles. The Kier molecular flexibility index (Phi) is 4.22. The van der Waals surface area contributed by atoms with Gasteiger partial charge < -0.3 is 4.90 Å². The van der Waals surface area contributed by atoms with E-state index in [9.17, 15) is 4.79 Å². The fourth-order valence-corrected chi connectivity index (χ4v) is 2.96. The maximum Gasteiger partial charge on any atom is 0.244 e. The summed E-state index contributed by atoms with van der Waals surface area (Å²) in [6.07, 6.45) is 11.4. The van der Waals surface area contributed by atoms with Gasteiger partial charge in [-0.15, -0.1) is 0 Å². The standard InChI is InChI=1S/C17H22N4O/c1-13-8-15-10-19-21(17(15)18-9-13)12-16(22)20(2)11-14-6-4-3-5-7-14/h3-4,8-10,14H,5-7,11-12H2,1-2H3. The Morgan fingerprint density at radius 3 is 3.05 bits per heavy atom. The van der Waals surface area contributed by atoms with Crippen LogP contribution in [0.3, 0.4) is 0 Å². The second-order valence-electron chi connectivity index (χ2n) is 6.15. The number of aromatic nitrogens is 3. The maximum atomic E-state index is 12.4. The SMILES string of the molecule is Cc1cnc2c(cnn2CC(=O)N(C)CC2CC=CCC2)c1. The van der Waals surface area contributed by atoms with Gasteiger partial charge in [-0.25, -0.2) is 9.67 Å². The summed E-state index contributed by atoms with van der Waals surface area (Å²) in [5, 5.41) is 5.28. The second kappa shape index (κ2) is 6.30. The number of hydrogen-bond donors (Lipinski definition) is 0. The van der Waals surface area contributed by atoms with Gasteiger partial charge in [0.1, 0.15) is 6.54 Å². The van der Waals surface area contributed by atoms with E-state index < -0.39 is 0 Å². The molecule has 0 bridgehead atoms. The van der Waals surface area contributed by atoms with E-state index in [0.29, 0.717) is 5.92 Å². The molecule has 0 N–H and O–H groups in total. The zero-order valence-electron chi connectivity index (χ0n) is 13.2. The second-order valence-corrected chi connectivity index (χ2v) is 6.15. The van der Waals surface area contributed by atoms with Crippen molar-refractivity contribution in [2.24, 2.45) is 5.92 Å². The van der Waals surface area contributed by atoms with Gasteiger partial charge in [-0.2, -0.15) is 5.10 Å². The monoisotopic (exact) mass is 298 g/mol. The van der Waals surface area contributed by atoms with Crippen LogP contribution in [-0.2, 0) is 11.3 Å². The molecule has 5 heteroatoms. The van der Waals surface area contributed by atoms with Gasteiger partial charge in [0, 0.05) is 25.2 Å². The van der Waals surface area contributed by atoms with Gasteiger partial charge in [0.25, 0.3) is 0 Å². The predicted octanol–water partition coefficient (Wildman–Crippen LogP) is 2.55. The van der Waals surface area contributed by atoms with Crippen molar-refractivity contribution in [1.29, 1.82) is 0 Å². The molecular formula is C17H22N4O. The molecular weight excluding hydrogens is 276 g/mol. The maximum absolute atomic E-state index is 12.4. The average molecular weight is 298 g/mol. The van der Waals surface area contributed by atoms with Crippen molar-refractivity contribution in [3.8, 4) is 0 Å². The largest absolute Gasteiger partial charge is 0.344 e. The number of carbonyl (C=O) groups is 1. The Hall–Kier alpha value is -2.17. The van der Waals surface area contributed by atoms with Crippen LogP contribution < -0.4 is 0 Å². The third-order valence-corrected chi connectivity index (χ3v) is 4.23. The number of carbonyl (C=O) groups excluding carboxylic acids is 1. The predicted molar refractivity (Wildman–Crippen MR) is 86.4 cm³/mol. The van der Waals surface area contributed by atoms with Gasteiger partial charge >= 0.3 is 0 Å². The molecule has 0 saturated heterocycles. The van der Waals surface area contributed by atoms with E-state index in [1.165, 1.54) is 6.42 Å². The van der Waals surface area contributed by atoms with Gasteiger partial charge in [0.15, 0.2) is 5.65 Å². The number of likely N-dealkylation sites (N-methyl/N-ethyl adjacent to an activating group) is 1. The van der Waals surface area contributed by atoms with Crippen molar-refractivity contribution in [3.05, 3.63) is 36.2 Å². The van der Waals surface area contributed by atoms with Crippen molar-refractivity contribution in [2.45, 2.75) is 32.7 Å². The summed E-state index contributed by atoms with van der Waals surface area (Å²) in [6.45, 7) is 3.06. The molecule has 1 atom stereocenters. The number of hydrogen-bond acceptors (Lipinski definition) is 3. The lowest BCUT2D eigenvalue weighted by Crippen LogP contribution is -2.34. The summed E-state index contributed by atoms with van der Waals surface area (Å²) in [6, 6.07) is 2.04. The van der Waals surface area contributed by atoms with Crippen molar-refractivity contribution >= 4 is 16.9 Å². The van der Waals surface area contributed by atoms with Crippen molar-refractivity contribution in [3.63, 3.8) is 0 Å². The Bertz CT molecular complexity index is 704. The van der Waals surface area contributed by atoms with Gasteiger partial charge in [0.2, 0.25) is 5.91 Å².